The molecule has 0 N–H and O–H groups in total. The Bertz CT molecular complexity index is 38.0. The molecule has 0 aromatic heterocycles. The van der Waals surface area contributed by atoms with E-state index in [1.807, 2.05) is 0 Å². The summed E-state index contributed by atoms with van der Waals surface area (Å²) in [5.74, 6) is 0.884. The maximum absolute atomic E-state index is 2.22. The minimum Gasteiger partial charge on any atom is -0.0654 e. The molecule has 0 nitrogen and oxygen atoms in total. The maximum atomic E-state index is 2.22. The lowest BCUT2D eigenvalue weighted by Gasteiger charge is -1.90. The highest BCUT2D eigenvalue weighted by molar-refractivity contribution is 4.32. The van der Waals surface area contributed by atoms with Crippen molar-refractivity contribution < 1.29 is 0 Å². The highest BCUT2D eigenvalue weighted by atomic mass is 13.9. The van der Waals surface area contributed by atoms with E-state index >= 15 is 0 Å². The number of rotatable bonds is 3. The van der Waals surface area contributed by atoms with Gasteiger partial charge in [0.25, 0.3) is 0 Å². The normalized spacial score (nSPS) is 8.31. The Morgan fingerprint density at radius 3 is 0.769 bits per heavy atom. The van der Waals surface area contributed by atoms with Gasteiger partial charge in [0, 0.05) is 0 Å². The topological polar surface area (TPSA) is 0 Å². The molecule has 0 heteroatoms. The molecular formula is C13H32. The van der Waals surface area contributed by atoms with Gasteiger partial charge < -0.3 is 0 Å². The van der Waals surface area contributed by atoms with Gasteiger partial charge in [-0.05, 0) is 5.92 Å². The summed E-state index contributed by atoms with van der Waals surface area (Å²) in [5.41, 5.74) is 0. The van der Waals surface area contributed by atoms with Crippen LogP contribution >= 0.6 is 0 Å². The van der Waals surface area contributed by atoms with E-state index in [0.29, 0.717) is 0 Å². The predicted octanol–water partition coefficient (Wildman–Crippen LogP) is 5.67. The first-order valence-corrected chi connectivity index (χ1v) is 6.10. The summed E-state index contributed by atoms with van der Waals surface area (Å²) in [6, 6.07) is 0. The Labute approximate surface area is 87.1 Å². The Morgan fingerprint density at radius 1 is 0.615 bits per heavy atom. The second kappa shape index (κ2) is 22.7. The van der Waals surface area contributed by atoms with Gasteiger partial charge in [-0.2, -0.15) is 0 Å². The third-order valence-electron chi connectivity index (χ3n) is 1.82. The third-order valence-corrected chi connectivity index (χ3v) is 1.82. The quantitative estimate of drug-likeness (QED) is 0.535. The van der Waals surface area contributed by atoms with Gasteiger partial charge in [0.2, 0.25) is 0 Å². The fourth-order valence-electron chi connectivity index (χ4n) is 0. The van der Waals surface area contributed by atoms with E-state index in [9.17, 15) is 0 Å². The lowest BCUT2D eigenvalue weighted by atomic mass is 10.2. The van der Waals surface area contributed by atoms with Crippen molar-refractivity contribution in [3.63, 3.8) is 0 Å². The van der Waals surface area contributed by atoms with Crippen molar-refractivity contribution in [2.45, 2.75) is 80.6 Å². The van der Waals surface area contributed by atoms with Crippen molar-refractivity contribution in [2.75, 3.05) is 0 Å². The van der Waals surface area contributed by atoms with Crippen molar-refractivity contribution in [3.05, 3.63) is 0 Å². The van der Waals surface area contributed by atoms with E-state index in [0.717, 1.165) is 5.92 Å². The first-order chi connectivity index (χ1) is 6.10. The van der Waals surface area contributed by atoms with Crippen LogP contribution in [0, 0.1) is 5.92 Å². The van der Waals surface area contributed by atoms with Gasteiger partial charge in [-0.25, -0.2) is 0 Å². The van der Waals surface area contributed by atoms with Crippen LogP contribution in [-0.2, 0) is 0 Å². The van der Waals surface area contributed by atoms with Gasteiger partial charge in [0.05, 0.1) is 0 Å². The van der Waals surface area contributed by atoms with Crippen LogP contribution in [0.3, 0.4) is 0 Å². The Kier molecular flexibility index (Phi) is 32.7. The summed E-state index contributed by atoms with van der Waals surface area (Å²) < 4.78 is 0. The molecule has 13 heavy (non-hydrogen) atoms. The van der Waals surface area contributed by atoms with E-state index in [2.05, 4.69) is 48.5 Å². The third kappa shape index (κ3) is 75.0. The van der Waals surface area contributed by atoms with E-state index in [-0.39, 0.29) is 0 Å². The molecule has 0 aliphatic heterocycles. The van der Waals surface area contributed by atoms with Crippen molar-refractivity contribution >= 4 is 0 Å². The average Bonchev–Trinajstić information content (AvgIpc) is 2.18. The number of hydrogen-bond acceptors (Lipinski definition) is 0. The first kappa shape index (κ1) is 18.7. The number of unbranched alkanes of at least 4 members (excludes halogenated alkanes) is 2. The largest absolute Gasteiger partial charge is 0.0654 e. The lowest BCUT2D eigenvalue weighted by molar-refractivity contribution is 0.626. The summed E-state index contributed by atoms with van der Waals surface area (Å²) in [5, 5.41) is 0. The molecule has 0 unspecified atom stereocenters. The number of hydrogen-bond donors (Lipinski definition) is 0. The molecule has 0 bridgehead atoms. The fraction of sp³-hybridized carbons (Fsp3) is 1.00. The van der Waals surface area contributed by atoms with E-state index in [1.54, 1.807) is 0 Å². The van der Waals surface area contributed by atoms with E-state index in [1.165, 1.54) is 32.1 Å². The van der Waals surface area contributed by atoms with Crippen LogP contribution in [0.4, 0.5) is 0 Å². The van der Waals surface area contributed by atoms with Gasteiger partial charge in [-0.3, -0.25) is 0 Å². The van der Waals surface area contributed by atoms with Crippen molar-refractivity contribution in [1.29, 1.82) is 0 Å². The smallest absolute Gasteiger partial charge is 0.0474 e. The Balaban J connectivity index is -0.000000117. The maximum Gasteiger partial charge on any atom is -0.0474 e. The van der Waals surface area contributed by atoms with Gasteiger partial charge in [-0.1, -0.05) is 80.6 Å². The zero-order chi connectivity index (χ0) is 11.1. The fourth-order valence-corrected chi connectivity index (χ4v) is 0. The zero-order valence-corrected chi connectivity index (χ0v) is 11.1. The average molecular weight is 188 g/mol. The molecule has 0 radical (unpaired) electrons. The molecule has 0 aromatic carbocycles. The summed E-state index contributed by atoms with van der Waals surface area (Å²) in [4.78, 5) is 0. The monoisotopic (exact) mass is 188 g/mol. The van der Waals surface area contributed by atoms with Crippen LogP contribution in [0.1, 0.15) is 80.6 Å². The second-order valence-corrected chi connectivity index (χ2v) is 3.80. The van der Waals surface area contributed by atoms with Crippen molar-refractivity contribution in [2.24, 2.45) is 5.92 Å². The summed E-state index contributed by atoms with van der Waals surface area (Å²) in [6.45, 7) is 15.4. The summed E-state index contributed by atoms with van der Waals surface area (Å²) in [7, 11) is 0. The molecule has 0 amide bonds. The predicted molar refractivity (Wildman–Crippen MR) is 66.3 cm³/mol. The summed E-state index contributed by atoms with van der Waals surface area (Å²) in [6.07, 6.45) is 6.58. The van der Waals surface area contributed by atoms with Gasteiger partial charge in [-0.15, -0.1) is 0 Å². The standard InChI is InChI=1S/C5H12.2C4H10/c1-4-5(2)3;2*1-3-4-2/h5H,4H2,1-3H3;2*3-4H2,1-2H3. The Morgan fingerprint density at radius 2 is 0.769 bits per heavy atom. The second-order valence-electron chi connectivity index (χ2n) is 3.80. The molecule has 0 fully saturated rings. The molecule has 0 aromatic rings. The van der Waals surface area contributed by atoms with Crippen molar-refractivity contribution in [3.8, 4) is 0 Å². The van der Waals surface area contributed by atoms with Gasteiger partial charge in [0.1, 0.15) is 0 Å². The molecule has 0 aliphatic carbocycles. The van der Waals surface area contributed by atoms with Crippen molar-refractivity contribution in [1.82, 2.24) is 0 Å². The highest BCUT2D eigenvalue weighted by Crippen LogP contribution is 1.93. The molecular weight excluding hydrogens is 156 g/mol. The van der Waals surface area contributed by atoms with Crippen LogP contribution in [0.5, 0.6) is 0 Å². The molecule has 0 saturated heterocycles. The highest BCUT2D eigenvalue weighted by Gasteiger charge is 1.80. The zero-order valence-electron chi connectivity index (χ0n) is 11.1. The van der Waals surface area contributed by atoms with Crippen LogP contribution in [0.25, 0.3) is 0 Å². The molecule has 0 aliphatic rings. The minimum absolute atomic E-state index is 0.884. The lowest BCUT2D eigenvalue weighted by Crippen LogP contribution is -1.77. The molecule has 0 atom stereocenters. The minimum atomic E-state index is 0.884. The van der Waals surface area contributed by atoms with E-state index < -0.39 is 0 Å². The van der Waals surface area contributed by atoms with Crippen LogP contribution in [0.15, 0.2) is 0 Å². The van der Waals surface area contributed by atoms with E-state index in [4.69, 9.17) is 0 Å². The first-order valence-electron chi connectivity index (χ1n) is 6.10. The summed E-state index contributed by atoms with van der Waals surface area (Å²) >= 11 is 0. The Hall–Kier alpha value is 0. The molecule has 0 saturated carbocycles. The molecule has 0 spiro atoms. The SMILES string of the molecule is CCC(C)C.CCCC.CCCC. The molecule has 84 valence electrons. The van der Waals surface area contributed by atoms with Gasteiger partial charge >= 0.3 is 0 Å². The van der Waals surface area contributed by atoms with Crippen LogP contribution < -0.4 is 0 Å². The van der Waals surface area contributed by atoms with Crippen LogP contribution in [-0.4, -0.2) is 0 Å². The molecule has 0 rings (SSSR count). The van der Waals surface area contributed by atoms with Crippen LogP contribution in [0.2, 0.25) is 0 Å². The van der Waals surface area contributed by atoms with Gasteiger partial charge in [0.15, 0.2) is 0 Å². The molecule has 0 heterocycles.